The minimum Gasteiger partial charge on any atom is -0.491 e. The second-order valence-electron chi connectivity index (χ2n) is 9.97. The number of nitrogens with zero attached hydrogens (tertiary/aromatic N) is 2. The summed E-state index contributed by atoms with van der Waals surface area (Å²) in [5.41, 5.74) is -0.0622. The normalized spacial score (nSPS) is 23.7. The van der Waals surface area contributed by atoms with E-state index in [1.165, 1.54) is 0 Å². The van der Waals surface area contributed by atoms with Gasteiger partial charge in [-0.25, -0.2) is 0 Å². The first kappa shape index (κ1) is 25.0. The van der Waals surface area contributed by atoms with Crippen molar-refractivity contribution in [2.24, 2.45) is 5.41 Å². The molecule has 4 rings (SSSR count). The third kappa shape index (κ3) is 5.94. The van der Waals surface area contributed by atoms with Gasteiger partial charge in [-0.1, -0.05) is 18.6 Å². The molecule has 9 heteroatoms. The van der Waals surface area contributed by atoms with E-state index >= 15 is 0 Å². The third-order valence-corrected chi connectivity index (χ3v) is 7.42. The number of rotatable bonds is 2. The molecule has 4 amide bonds. The van der Waals surface area contributed by atoms with Crippen molar-refractivity contribution in [2.75, 3.05) is 39.3 Å². The van der Waals surface area contributed by atoms with Gasteiger partial charge in [-0.2, -0.15) is 0 Å². The van der Waals surface area contributed by atoms with Crippen LogP contribution in [0.3, 0.4) is 0 Å². The van der Waals surface area contributed by atoms with Crippen molar-refractivity contribution in [3.8, 4) is 5.75 Å². The first-order chi connectivity index (χ1) is 16.9. The van der Waals surface area contributed by atoms with E-state index in [-0.39, 0.29) is 42.8 Å². The molecule has 190 valence electrons. The van der Waals surface area contributed by atoms with Gasteiger partial charge >= 0.3 is 0 Å². The Balaban J connectivity index is 1.40. The number of hydrogen-bond donors (Lipinski definition) is 2. The van der Waals surface area contributed by atoms with Crippen LogP contribution in [-0.4, -0.2) is 78.8 Å². The molecule has 0 unspecified atom stereocenters. The van der Waals surface area contributed by atoms with Crippen molar-refractivity contribution < 1.29 is 23.9 Å². The summed E-state index contributed by atoms with van der Waals surface area (Å²) in [5.74, 6) is 0.348. The van der Waals surface area contributed by atoms with Crippen LogP contribution in [0.4, 0.5) is 0 Å². The van der Waals surface area contributed by atoms with Crippen LogP contribution in [0.25, 0.3) is 0 Å². The van der Waals surface area contributed by atoms with E-state index < -0.39 is 5.41 Å². The Kier molecular flexibility index (Phi) is 7.93. The van der Waals surface area contributed by atoms with Crippen molar-refractivity contribution >= 4 is 23.6 Å². The predicted molar refractivity (Wildman–Crippen MR) is 130 cm³/mol. The molecule has 3 aliphatic rings. The van der Waals surface area contributed by atoms with Crippen LogP contribution in [0.5, 0.6) is 5.75 Å². The number of carbonyl (C=O) groups is 4. The van der Waals surface area contributed by atoms with Crippen molar-refractivity contribution in [1.29, 1.82) is 0 Å². The van der Waals surface area contributed by atoms with Crippen LogP contribution in [0.15, 0.2) is 24.3 Å². The molecule has 0 bridgehead atoms. The van der Waals surface area contributed by atoms with E-state index in [9.17, 15) is 19.2 Å². The summed E-state index contributed by atoms with van der Waals surface area (Å²) in [6.07, 6.45) is 4.76. The lowest BCUT2D eigenvalue weighted by Gasteiger charge is -2.41. The molecule has 1 aromatic carbocycles. The Labute approximate surface area is 206 Å². The summed E-state index contributed by atoms with van der Waals surface area (Å²) in [6, 6.07) is 6.89. The van der Waals surface area contributed by atoms with Crippen molar-refractivity contribution in [3.05, 3.63) is 29.8 Å². The lowest BCUT2D eigenvalue weighted by Crippen LogP contribution is -2.53. The van der Waals surface area contributed by atoms with E-state index in [0.717, 1.165) is 19.3 Å². The van der Waals surface area contributed by atoms with E-state index in [1.54, 1.807) is 28.0 Å². The van der Waals surface area contributed by atoms with E-state index in [4.69, 9.17) is 4.74 Å². The van der Waals surface area contributed by atoms with Crippen molar-refractivity contribution in [1.82, 2.24) is 20.4 Å². The minimum absolute atomic E-state index is 0.00444. The predicted octanol–water partition coefficient (Wildman–Crippen LogP) is 1.72. The zero-order valence-electron chi connectivity index (χ0n) is 20.5. The van der Waals surface area contributed by atoms with Crippen LogP contribution >= 0.6 is 0 Å². The average molecular weight is 485 g/mol. The largest absolute Gasteiger partial charge is 0.491 e. The van der Waals surface area contributed by atoms with Gasteiger partial charge in [0, 0.05) is 32.6 Å². The SMILES string of the molecule is C[C@@H]1COc2ccccc2C(=O)NCCCCC2(CCN(C(=O)CN3CCCC3=O)CC2)C(=O)N1. The Bertz CT molecular complexity index is 957. The molecular formula is C26H36N4O5. The highest BCUT2D eigenvalue weighted by atomic mass is 16.5. The molecule has 3 heterocycles. The molecule has 35 heavy (non-hydrogen) atoms. The fourth-order valence-corrected chi connectivity index (χ4v) is 5.21. The number of para-hydroxylation sites is 1. The topological polar surface area (TPSA) is 108 Å². The average Bonchev–Trinajstić information content (AvgIpc) is 3.26. The Hall–Kier alpha value is -3.10. The second-order valence-corrected chi connectivity index (χ2v) is 9.97. The number of ether oxygens (including phenoxy) is 1. The zero-order chi connectivity index (χ0) is 24.8. The lowest BCUT2D eigenvalue weighted by molar-refractivity contribution is -0.144. The molecule has 2 fully saturated rings. The maximum absolute atomic E-state index is 13.5. The fourth-order valence-electron chi connectivity index (χ4n) is 5.21. The first-order valence-corrected chi connectivity index (χ1v) is 12.7. The molecule has 3 aliphatic heterocycles. The standard InChI is InChI=1S/C26H36N4O5/c1-19-18-35-21-8-3-2-7-20(21)24(33)27-13-5-4-10-26(25(34)28-19)11-15-29(16-12-26)23(32)17-30-14-6-9-22(30)31/h2-3,7-8,19H,4-6,9-18H2,1H3,(H,27,33)(H,28,34)/t19-/m1/s1. The number of nitrogens with one attached hydrogen (secondary N) is 2. The van der Waals surface area contributed by atoms with Gasteiger partial charge in [0.1, 0.15) is 12.4 Å². The Morgan fingerprint density at radius 3 is 2.57 bits per heavy atom. The molecule has 2 saturated heterocycles. The molecular weight excluding hydrogens is 448 g/mol. The van der Waals surface area contributed by atoms with Gasteiger partial charge in [-0.3, -0.25) is 19.2 Å². The van der Waals surface area contributed by atoms with Crippen LogP contribution in [0.1, 0.15) is 62.2 Å². The molecule has 1 atom stereocenters. The summed E-state index contributed by atoms with van der Waals surface area (Å²) in [5, 5.41) is 6.09. The van der Waals surface area contributed by atoms with E-state index in [0.29, 0.717) is 63.2 Å². The molecule has 0 aromatic heterocycles. The first-order valence-electron chi connectivity index (χ1n) is 12.7. The van der Waals surface area contributed by atoms with Crippen LogP contribution in [-0.2, 0) is 14.4 Å². The monoisotopic (exact) mass is 484 g/mol. The number of carbonyl (C=O) groups excluding carboxylic acids is 4. The number of amides is 4. The number of benzene rings is 1. The van der Waals surface area contributed by atoms with Crippen LogP contribution < -0.4 is 15.4 Å². The summed E-state index contributed by atoms with van der Waals surface area (Å²) in [7, 11) is 0. The number of fused-ring (bicyclic) bond motifs is 1. The van der Waals surface area contributed by atoms with Gasteiger partial charge in [-0.15, -0.1) is 0 Å². The van der Waals surface area contributed by atoms with E-state index in [2.05, 4.69) is 10.6 Å². The Morgan fingerprint density at radius 1 is 1.06 bits per heavy atom. The highest BCUT2D eigenvalue weighted by Crippen LogP contribution is 2.37. The zero-order valence-corrected chi connectivity index (χ0v) is 20.5. The lowest BCUT2D eigenvalue weighted by atomic mass is 9.73. The quantitative estimate of drug-likeness (QED) is 0.665. The maximum atomic E-state index is 13.5. The van der Waals surface area contributed by atoms with Crippen LogP contribution in [0, 0.1) is 5.41 Å². The molecule has 1 spiro atoms. The van der Waals surface area contributed by atoms with Gasteiger partial charge < -0.3 is 25.2 Å². The molecule has 0 saturated carbocycles. The molecule has 9 nitrogen and oxygen atoms in total. The fraction of sp³-hybridized carbons (Fsp3) is 0.615. The summed E-state index contributed by atoms with van der Waals surface area (Å²) >= 11 is 0. The third-order valence-electron chi connectivity index (χ3n) is 7.42. The minimum atomic E-state index is -0.555. The molecule has 0 aliphatic carbocycles. The molecule has 2 N–H and O–H groups in total. The van der Waals surface area contributed by atoms with Gasteiger partial charge in [0.2, 0.25) is 17.7 Å². The summed E-state index contributed by atoms with van der Waals surface area (Å²) in [6.45, 7) is 4.45. The maximum Gasteiger partial charge on any atom is 0.255 e. The molecule has 0 radical (unpaired) electrons. The molecule has 1 aromatic rings. The smallest absolute Gasteiger partial charge is 0.255 e. The number of hydrogen-bond acceptors (Lipinski definition) is 5. The second kappa shape index (κ2) is 11.1. The van der Waals surface area contributed by atoms with Gasteiger partial charge in [0.25, 0.3) is 5.91 Å². The van der Waals surface area contributed by atoms with Crippen LogP contribution in [0.2, 0.25) is 0 Å². The Morgan fingerprint density at radius 2 is 1.83 bits per heavy atom. The van der Waals surface area contributed by atoms with Gasteiger partial charge in [-0.05, 0) is 51.2 Å². The number of piperidine rings is 1. The van der Waals surface area contributed by atoms with Crippen molar-refractivity contribution in [2.45, 2.75) is 57.9 Å². The summed E-state index contributed by atoms with van der Waals surface area (Å²) in [4.78, 5) is 54.2. The van der Waals surface area contributed by atoms with E-state index in [1.807, 2.05) is 13.0 Å². The summed E-state index contributed by atoms with van der Waals surface area (Å²) < 4.78 is 5.90. The van der Waals surface area contributed by atoms with Gasteiger partial charge in [0.05, 0.1) is 23.6 Å². The van der Waals surface area contributed by atoms with Gasteiger partial charge in [0.15, 0.2) is 0 Å². The highest BCUT2D eigenvalue weighted by molar-refractivity contribution is 5.96. The number of likely N-dealkylation sites (tertiary alicyclic amines) is 2. The van der Waals surface area contributed by atoms with Crippen molar-refractivity contribution in [3.63, 3.8) is 0 Å². The highest BCUT2D eigenvalue weighted by Gasteiger charge is 2.42.